The molecule has 3 aromatic carbocycles. The highest BCUT2D eigenvalue weighted by atomic mass is 19.4. The normalized spacial score (nSPS) is 18.7. The van der Waals surface area contributed by atoms with Crippen LogP contribution in [0.5, 0.6) is 11.5 Å². The van der Waals surface area contributed by atoms with Crippen molar-refractivity contribution < 1.29 is 27.4 Å². The molecule has 0 unspecified atom stereocenters. The van der Waals surface area contributed by atoms with Gasteiger partial charge < -0.3 is 24.6 Å². The molecule has 0 bridgehead atoms. The summed E-state index contributed by atoms with van der Waals surface area (Å²) in [5.41, 5.74) is 2.65. The molecule has 1 saturated heterocycles. The smallest absolute Gasteiger partial charge is 0.416 e. The first kappa shape index (κ1) is 26.7. The Balaban J connectivity index is 1.38. The first-order valence-corrected chi connectivity index (χ1v) is 13.0. The Morgan fingerprint density at radius 1 is 1.00 bits per heavy atom. The lowest BCUT2D eigenvalue weighted by atomic mass is 9.82. The summed E-state index contributed by atoms with van der Waals surface area (Å²) in [5, 5.41) is 3.05. The number of ether oxygens (including phenoxy) is 2. The van der Waals surface area contributed by atoms with Crippen LogP contribution in [-0.4, -0.2) is 52.3 Å². The number of carbonyl (C=O) groups excluding carboxylic acids is 1. The molecule has 2 aliphatic heterocycles. The SMILES string of the molecule is COc1ccc(N2CCN3c4ccc(C(F)(F)F)cc4C[C@H](C(=O)NCCc4ccccc4OC)[C@H]3C2)cc1. The zero-order valence-corrected chi connectivity index (χ0v) is 22.0. The summed E-state index contributed by atoms with van der Waals surface area (Å²) in [6, 6.07) is 19.1. The number of para-hydroxylation sites is 1. The molecule has 1 N–H and O–H groups in total. The van der Waals surface area contributed by atoms with Gasteiger partial charge in [-0.2, -0.15) is 13.2 Å². The van der Waals surface area contributed by atoms with Gasteiger partial charge in [0.05, 0.1) is 31.7 Å². The number of benzene rings is 3. The molecule has 0 radical (unpaired) electrons. The van der Waals surface area contributed by atoms with Crippen LogP contribution < -0.4 is 24.6 Å². The predicted octanol–water partition coefficient (Wildman–Crippen LogP) is 4.95. The first-order valence-electron chi connectivity index (χ1n) is 13.0. The average molecular weight is 540 g/mol. The number of fused-ring (bicyclic) bond motifs is 3. The summed E-state index contributed by atoms with van der Waals surface area (Å²) < 4.78 is 51.2. The van der Waals surface area contributed by atoms with E-state index in [9.17, 15) is 18.0 Å². The van der Waals surface area contributed by atoms with Crippen molar-refractivity contribution in [2.75, 3.05) is 50.2 Å². The molecule has 0 aromatic heterocycles. The molecule has 2 aliphatic rings. The number of alkyl halides is 3. The van der Waals surface area contributed by atoms with E-state index in [4.69, 9.17) is 9.47 Å². The molecule has 6 nitrogen and oxygen atoms in total. The van der Waals surface area contributed by atoms with Crippen molar-refractivity contribution in [2.45, 2.75) is 25.1 Å². The number of methoxy groups -OCH3 is 2. The summed E-state index contributed by atoms with van der Waals surface area (Å²) in [6.07, 6.45) is -3.60. The highest BCUT2D eigenvalue weighted by Crippen LogP contribution is 2.40. The van der Waals surface area contributed by atoms with Crippen molar-refractivity contribution >= 4 is 17.3 Å². The van der Waals surface area contributed by atoms with Crippen molar-refractivity contribution in [3.63, 3.8) is 0 Å². The summed E-state index contributed by atoms with van der Waals surface area (Å²) in [4.78, 5) is 17.9. The van der Waals surface area contributed by atoms with Gasteiger partial charge in [0.25, 0.3) is 0 Å². The first-order chi connectivity index (χ1) is 18.8. The van der Waals surface area contributed by atoms with E-state index in [1.807, 2.05) is 48.5 Å². The summed E-state index contributed by atoms with van der Waals surface area (Å²) in [5.74, 6) is 0.864. The second-order valence-electron chi connectivity index (χ2n) is 9.91. The molecule has 1 amide bonds. The quantitative estimate of drug-likeness (QED) is 0.461. The van der Waals surface area contributed by atoms with E-state index in [2.05, 4.69) is 15.1 Å². The average Bonchev–Trinajstić information content (AvgIpc) is 2.95. The van der Waals surface area contributed by atoms with Crippen LogP contribution in [0.4, 0.5) is 24.5 Å². The fourth-order valence-corrected chi connectivity index (χ4v) is 5.69. The minimum Gasteiger partial charge on any atom is -0.497 e. The third kappa shape index (κ3) is 5.62. The summed E-state index contributed by atoms with van der Waals surface area (Å²) in [6.45, 7) is 2.27. The Morgan fingerprint density at radius 2 is 1.77 bits per heavy atom. The lowest BCUT2D eigenvalue weighted by Gasteiger charge is -2.49. The van der Waals surface area contributed by atoms with Gasteiger partial charge in [0.15, 0.2) is 0 Å². The molecule has 3 aromatic rings. The molecule has 39 heavy (non-hydrogen) atoms. The predicted molar refractivity (Wildman–Crippen MR) is 145 cm³/mol. The standard InChI is InChI=1S/C30H32F3N3O3/c1-38-24-10-8-23(9-11-24)35-15-16-36-26-12-7-22(30(31,32)33)17-21(26)18-25(27(36)19-35)29(37)34-14-13-20-5-3-4-6-28(20)39-2/h3-12,17,25,27H,13-16,18-19H2,1-2H3,(H,34,37)/t25-,27+/m0/s1. The van der Waals surface area contributed by atoms with Crippen molar-refractivity contribution in [2.24, 2.45) is 5.92 Å². The number of anilines is 2. The third-order valence-corrected chi connectivity index (χ3v) is 7.70. The zero-order chi connectivity index (χ0) is 27.6. The van der Waals surface area contributed by atoms with Crippen LogP contribution in [0, 0.1) is 5.92 Å². The minimum atomic E-state index is -4.44. The van der Waals surface area contributed by atoms with Gasteiger partial charge in [-0.1, -0.05) is 18.2 Å². The number of nitrogens with one attached hydrogen (secondary N) is 1. The van der Waals surface area contributed by atoms with Crippen LogP contribution in [-0.2, 0) is 23.8 Å². The second-order valence-corrected chi connectivity index (χ2v) is 9.91. The van der Waals surface area contributed by atoms with Crippen LogP contribution in [0.15, 0.2) is 66.7 Å². The molecule has 2 heterocycles. The van der Waals surface area contributed by atoms with E-state index < -0.39 is 17.7 Å². The van der Waals surface area contributed by atoms with Crippen LogP contribution in [0.2, 0.25) is 0 Å². The van der Waals surface area contributed by atoms with Crippen LogP contribution in [0.1, 0.15) is 16.7 Å². The molecule has 1 fully saturated rings. The van der Waals surface area contributed by atoms with E-state index in [1.165, 1.54) is 6.07 Å². The van der Waals surface area contributed by atoms with E-state index in [1.54, 1.807) is 20.3 Å². The molecular formula is C30H32F3N3O3. The van der Waals surface area contributed by atoms with Crippen molar-refractivity contribution in [1.82, 2.24) is 5.32 Å². The number of rotatable bonds is 7. The number of hydrogen-bond donors (Lipinski definition) is 1. The fourth-order valence-electron chi connectivity index (χ4n) is 5.69. The highest BCUT2D eigenvalue weighted by molar-refractivity contribution is 5.82. The molecule has 5 rings (SSSR count). The van der Waals surface area contributed by atoms with E-state index in [-0.39, 0.29) is 18.4 Å². The molecule has 0 aliphatic carbocycles. The maximum absolute atomic E-state index is 13.6. The van der Waals surface area contributed by atoms with Gasteiger partial charge >= 0.3 is 6.18 Å². The number of carbonyl (C=O) groups is 1. The van der Waals surface area contributed by atoms with Gasteiger partial charge in [-0.15, -0.1) is 0 Å². The number of amides is 1. The van der Waals surface area contributed by atoms with Gasteiger partial charge in [-0.3, -0.25) is 4.79 Å². The van der Waals surface area contributed by atoms with Crippen LogP contribution in [0.3, 0.4) is 0 Å². The Bertz CT molecular complexity index is 1310. The van der Waals surface area contributed by atoms with Crippen molar-refractivity contribution in [3.8, 4) is 11.5 Å². The summed E-state index contributed by atoms with van der Waals surface area (Å²) in [7, 11) is 3.23. The van der Waals surface area contributed by atoms with E-state index in [0.717, 1.165) is 34.5 Å². The van der Waals surface area contributed by atoms with Crippen LogP contribution in [0.25, 0.3) is 0 Å². The largest absolute Gasteiger partial charge is 0.497 e. The second kappa shape index (κ2) is 11.1. The zero-order valence-electron chi connectivity index (χ0n) is 22.0. The Kier molecular flexibility index (Phi) is 7.59. The fraction of sp³-hybridized carbons (Fsp3) is 0.367. The van der Waals surface area contributed by atoms with E-state index >= 15 is 0 Å². The third-order valence-electron chi connectivity index (χ3n) is 7.70. The lowest BCUT2D eigenvalue weighted by molar-refractivity contribution is -0.137. The van der Waals surface area contributed by atoms with Crippen molar-refractivity contribution in [3.05, 3.63) is 83.4 Å². The molecule has 206 valence electrons. The van der Waals surface area contributed by atoms with Gasteiger partial charge in [-0.05, 0) is 72.5 Å². The maximum Gasteiger partial charge on any atom is 0.416 e. The molecule has 9 heteroatoms. The maximum atomic E-state index is 13.6. The number of piperazine rings is 1. The number of halogens is 3. The van der Waals surface area contributed by atoms with Gasteiger partial charge in [0.2, 0.25) is 5.91 Å². The molecule has 2 atom stereocenters. The topological polar surface area (TPSA) is 54.0 Å². The monoisotopic (exact) mass is 539 g/mol. The molecular weight excluding hydrogens is 507 g/mol. The lowest BCUT2D eigenvalue weighted by Crippen LogP contribution is -2.61. The van der Waals surface area contributed by atoms with Gasteiger partial charge in [0.1, 0.15) is 11.5 Å². The van der Waals surface area contributed by atoms with Crippen molar-refractivity contribution in [1.29, 1.82) is 0 Å². The van der Waals surface area contributed by atoms with E-state index in [0.29, 0.717) is 38.2 Å². The minimum absolute atomic E-state index is 0.153. The number of nitrogens with zero attached hydrogens (tertiary/aromatic N) is 2. The van der Waals surface area contributed by atoms with Gasteiger partial charge in [0, 0.05) is 37.6 Å². The van der Waals surface area contributed by atoms with Crippen LogP contribution >= 0.6 is 0 Å². The molecule has 0 saturated carbocycles. The Hall–Kier alpha value is -3.88. The molecule has 0 spiro atoms. The van der Waals surface area contributed by atoms with Gasteiger partial charge in [-0.25, -0.2) is 0 Å². The summed E-state index contributed by atoms with van der Waals surface area (Å²) >= 11 is 0. The highest BCUT2D eigenvalue weighted by Gasteiger charge is 2.42. The number of hydrogen-bond acceptors (Lipinski definition) is 5. The Morgan fingerprint density at radius 3 is 2.49 bits per heavy atom. The Labute approximate surface area is 226 Å².